The van der Waals surface area contributed by atoms with Crippen LogP contribution in [-0.2, 0) is 23.9 Å². The van der Waals surface area contributed by atoms with Crippen LogP contribution in [0.2, 0.25) is 0 Å². The van der Waals surface area contributed by atoms with Crippen molar-refractivity contribution in [1.82, 2.24) is 10.2 Å². The van der Waals surface area contributed by atoms with Gasteiger partial charge in [0.05, 0.1) is 17.9 Å². The van der Waals surface area contributed by atoms with Crippen molar-refractivity contribution in [3.8, 4) is 0 Å². The number of hydrogen-bond acceptors (Lipinski definition) is 5. The first-order valence-corrected chi connectivity index (χ1v) is 14.5. The molecular weight excluding hydrogens is 516 g/mol. The van der Waals surface area contributed by atoms with E-state index in [1.807, 2.05) is 68.4 Å². The zero-order chi connectivity index (χ0) is 28.7. The first-order chi connectivity index (χ1) is 19.9. The molecule has 3 aromatic carbocycles. The molecule has 1 heterocycles. The number of hydrogen-bond donors (Lipinski definition) is 1. The number of likely N-dealkylation sites (tertiary alicyclic amines) is 1. The minimum atomic E-state index is -1.06. The van der Waals surface area contributed by atoms with Gasteiger partial charge in [-0.2, -0.15) is 0 Å². The van der Waals surface area contributed by atoms with E-state index in [1.54, 1.807) is 0 Å². The van der Waals surface area contributed by atoms with Gasteiger partial charge in [0.1, 0.15) is 6.04 Å². The molecule has 0 unspecified atom stereocenters. The summed E-state index contributed by atoms with van der Waals surface area (Å²) in [6, 6.07) is 24.3. The Morgan fingerprint density at radius 2 is 1.29 bits per heavy atom. The van der Waals surface area contributed by atoms with Gasteiger partial charge >= 0.3 is 5.97 Å². The normalized spacial score (nSPS) is 23.3. The number of carbonyl (C=O) groups excluding carboxylic acids is 4. The summed E-state index contributed by atoms with van der Waals surface area (Å²) in [5.74, 6) is -3.42. The van der Waals surface area contributed by atoms with Gasteiger partial charge in [-0.15, -0.1) is 0 Å². The summed E-state index contributed by atoms with van der Waals surface area (Å²) in [6.07, 6.45) is 1.71. The summed E-state index contributed by atoms with van der Waals surface area (Å²) in [4.78, 5) is 55.5. The van der Waals surface area contributed by atoms with Gasteiger partial charge in [0.25, 0.3) is 5.91 Å². The fourth-order valence-corrected chi connectivity index (χ4v) is 7.10. The molecule has 1 aliphatic heterocycles. The van der Waals surface area contributed by atoms with Crippen molar-refractivity contribution >= 4 is 23.7 Å². The fourth-order valence-electron chi connectivity index (χ4n) is 7.10. The van der Waals surface area contributed by atoms with E-state index in [0.29, 0.717) is 12.8 Å². The lowest BCUT2D eigenvalue weighted by Crippen LogP contribution is -2.47. The molecule has 1 N–H and O–H groups in total. The molecule has 0 spiro atoms. The summed E-state index contributed by atoms with van der Waals surface area (Å²) in [6.45, 7) is 3.36. The maximum Gasteiger partial charge on any atom is 0.329 e. The van der Waals surface area contributed by atoms with E-state index < -0.39 is 36.4 Å². The second kappa shape index (κ2) is 11.0. The maximum atomic E-state index is 14.1. The van der Waals surface area contributed by atoms with Crippen LogP contribution in [0.3, 0.4) is 0 Å². The van der Waals surface area contributed by atoms with Crippen LogP contribution in [0.1, 0.15) is 78.8 Å². The Morgan fingerprint density at radius 1 is 0.805 bits per heavy atom. The molecule has 41 heavy (non-hydrogen) atoms. The number of imide groups is 1. The van der Waals surface area contributed by atoms with E-state index in [4.69, 9.17) is 4.74 Å². The monoisotopic (exact) mass is 550 g/mol. The van der Waals surface area contributed by atoms with Crippen molar-refractivity contribution < 1.29 is 23.9 Å². The number of nitrogens with zero attached hydrogens (tertiary/aromatic N) is 1. The number of amides is 3. The standard InChI is InChI=1S/C34H34N2O5/c1-3-4-18-26(34(40)41-19-27(37)35-20(2)21-12-6-5-7-13-21)36-32(38)30-28-22-14-8-9-15-23(22)29(31(30)33(36)39)25-17-11-10-16-24(25)28/h5-17,20,26,28-31H,3-4,18-19H2,1-2H3,(H,35,37)/t20-,26+,28?,29?,30-,31+/m0/s1. The molecule has 2 bridgehead atoms. The minimum Gasteiger partial charge on any atom is -0.454 e. The Labute approximate surface area is 239 Å². The Kier molecular flexibility index (Phi) is 7.20. The molecular formula is C34H34N2O5. The van der Waals surface area contributed by atoms with Gasteiger partial charge in [-0.05, 0) is 41.2 Å². The van der Waals surface area contributed by atoms with Gasteiger partial charge in [0, 0.05) is 11.8 Å². The highest BCUT2D eigenvalue weighted by molar-refractivity contribution is 6.10. The summed E-state index contributed by atoms with van der Waals surface area (Å²) >= 11 is 0. The lowest BCUT2D eigenvalue weighted by molar-refractivity contribution is -0.161. The van der Waals surface area contributed by atoms with Gasteiger partial charge in [0.15, 0.2) is 6.61 Å². The zero-order valence-corrected chi connectivity index (χ0v) is 23.3. The Morgan fingerprint density at radius 3 is 1.78 bits per heavy atom. The van der Waals surface area contributed by atoms with Crippen LogP contribution in [0.25, 0.3) is 0 Å². The highest BCUT2D eigenvalue weighted by atomic mass is 16.5. The van der Waals surface area contributed by atoms with Gasteiger partial charge in [-0.3, -0.25) is 19.3 Å². The number of ether oxygens (including phenoxy) is 1. The molecule has 3 aliphatic carbocycles. The third-order valence-electron chi connectivity index (χ3n) is 8.92. The Balaban J connectivity index is 1.24. The lowest BCUT2D eigenvalue weighted by Gasteiger charge is -2.45. The molecule has 0 radical (unpaired) electrons. The quantitative estimate of drug-likeness (QED) is 0.304. The van der Waals surface area contributed by atoms with Crippen molar-refractivity contribution in [2.24, 2.45) is 11.8 Å². The van der Waals surface area contributed by atoms with Gasteiger partial charge in [-0.1, -0.05) is 98.6 Å². The molecule has 7 nitrogen and oxygen atoms in total. The second-order valence-corrected chi connectivity index (χ2v) is 11.3. The predicted octanol–water partition coefficient (Wildman–Crippen LogP) is 4.86. The summed E-state index contributed by atoms with van der Waals surface area (Å²) in [5, 5.41) is 2.84. The molecule has 4 atom stereocenters. The molecule has 0 saturated carbocycles. The Bertz CT molecular complexity index is 1390. The molecule has 210 valence electrons. The number of rotatable bonds is 9. The molecule has 3 aromatic rings. The highest BCUT2D eigenvalue weighted by Crippen LogP contribution is 2.61. The number of nitrogens with one attached hydrogen (secondary N) is 1. The first-order valence-electron chi connectivity index (χ1n) is 14.5. The zero-order valence-electron chi connectivity index (χ0n) is 23.3. The van der Waals surface area contributed by atoms with Gasteiger partial charge < -0.3 is 10.1 Å². The number of carbonyl (C=O) groups is 4. The first kappa shape index (κ1) is 26.9. The largest absolute Gasteiger partial charge is 0.454 e. The molecule has 1 saturated heterocycles. The van der Waals surface area contributed by atoms with Crippen molar-refractivity contribution in [3.63, 3.8) is 0 Å². The average Bonchev–Trinajstić information content (AvgIpc) is 3.26. The summed E-state index contributed by atoms with van der Waals surface area (Å²) in [5.41, 5.74) is 5.25. The second-order valence-electron chi connectivity index (χ2n) is 11.3. The molecule has 3 amide bonds. The van der Waals surface area contributed by atoms with E-state index in [0.717, 1.165) is 34.2 Å². The van der Waals surface area contributed by atoms with E-state index >= 15 is 0 Å². The van der Waals surface area contributed by atoms with E-state index in [1.165, 1.54) is 4.90 Å². The number of unbranched alkanes of at least 4 members (excludes halogenated alkanes) is 1. The van der Waals surface area contributed by atoms with Gasteiger partial charge in [0.2, 0.25) is 11.8 Å². The SMILES string of the molecule is CCCC[C@H](C(=O)OCC(=O)N[C@@H](C)c1ccccc1)N1C(=O)[C@@H]2C3c4ccccc4C(c4ccccc43)[C@@H]2C1=O. The van der Waals surface area contributed by atoms with Crippen LogP contribution < -0.4 is 5.32 Å². The predicted molar refractivity (Wildman–Crippen MR) is 153 cm³/mol. The highest BCUT2D eigenvalue weighted by Gasteiger charge is 2.63. The van der Waals surface area contributed by atoms with E-state index in [2.05, 4.69) is 29.6 Å². The molecule has 7 rings (SSSR count). The van der Waals surface area contributed by atoms with E-state index in [-0.39, 0.29) is 29.7 Å². The molecule has 0 aromatic heterocycles. The lowest BCUT2D eigenvalue weighted by atomic mass is 9.55. The van der Waals surface area contributed by atoms with Crippen LogP contribution in [0.4, 0.5) is 0 Å². The van der Waals surface area contributed by atoms with E-state index in [9.17, 15) is 19.2 Å². The topological polar surface area (TPSA) is 92.8 Å². The van der Waals surface area contributed by atoms with Crippen molar-refractivity contribution in [1.29, 1.82) is 0 Å². The molecule has 1 fully saturated rings. The van der Waals surface area contributed by atoms with Crippen LogP contribution in [-0.4, -0.2) is 41.2 Å². The maximum absolute atomic E-state index is 14.1. The van der Waals surface area contributed by atoms with Crippen molar-refractivity contribution in [3.05, 3.63) is 107 Å². The number of esters is 1. The van der Waals surface area contributed by atoms with Gasteiger partial charge in [-0.25, -0.2) is 4.79 Å². The van der Waals surface area contributed by atoms with Crippen LogP contribution >= 0.6 is 0 Å². The smallest absolute Gasteiger partial charge is 0.329 e. The fraction of sp³-hybridized carbons (Fsp3) is 0.353. The van der Waals surface area contributed by atoms with Crippen molar-refractivity contribution in [2.75, 3.05) is 6.61 Å². The molecule has 4 aliphatic rings. The van der Waals surface area contributed by atoms with Crippen LogP contribution in [0, 0.1) is 11.8 Å². The van der Waals surface area contributed by atoms with Crippen LogP contribution in [0.5, 0.6) is 0 Å². The third kappa shape index (κ3) is 4.53. The third-order valence-corrected chi connectivity index (χ3v) is 8.92. The minimum absolute atomic E-state index is 0.244. The number of benzene rings is 3. The van der Waals surface area contributed by atoms with Crippen LogP contribution in [0.15, 0.2) is 78.9 Å². The average molecular weight is 551 g/mol. The van der Waals surface area contributed by atoms with Crippen molar-refractivity contribution in [2.45, 2.75) is 57.0 Å². The Hall–Kier alpha value is -4.26. The molecule has 7 heteroatoms. The summed E-state index contributed by atoms with van der Waals surface area (Å²) in [7, 11) is 0. The summed E-state index contributed by atoms with van der Waals surface area (Å²) < 4.78 is 5.46.